The summed E-state index contributed by atoms with van der Waals surface area (Å²) in [6.07, 6.45) is 0. The van der Waals surface area contributed by atoms with E-state index >= 15 is 0 Å². The largest absolute Gasteiger partial charge is 0.399 e. The van der Waals surface area contributed by atoms with Crippen molar-refractivity contribution in [2.75, 3.05) is 11.5 Å². The second-order valence-corrected chi connectivity index (χ2v) is 3.11. The van der Waals surface area contributed by atoms with E-state index in [0.29, 0.717) is 11.4 Å². The molecule has 0 atom stereocenters. The van der Waals surface area contributed by atoms with Gasteiger partial charge in [-0.1, -0.05) is 6.07 Å². The zero-order valence-electron chi connectivity index (χ0n) is 8.53. The van der Waals surface area contributed by atoms with Gasteiger partial charge < -0.3 is 11.5 Å². The summed E-state index contributed by atoms with van der Waals surface area (Å²) in [6, 6.07) is 11.6. The van der Waals surface area contributed by atoms with E-state index in [0.717, 1.165) is 0 Å². The van der Waals surface area contributed by atoms with Crippen LogP contribution in [-0.4, -0.2) is 0 Å². The summed E-state index contributed by atoms with van der Waals surface area (Å²) in [4.78, 5) is 0. The van der Waals surface area contributed by atoms with E-state index in [1.807, 2.05) is 0 Å². The lowest BCUT2D eigenvalue weighted by Gasteiger charge is -1.88. The van der Waals surface area contributed by atoms with Gasteiger partial charge in [0.25, 0.3) is 0 Å². The van der Waals surface area contributed by atoms with Crippen LogP contribution in [0, 0.1) is 11.6 Å². The van der Waals surface area contributed by atoms with Crippen LogP contribution in [0.4, 0.5) is 20.2 Å². The van der Waals surface area contributed by atoms with Crippen molar-refractivity contribution >= 4 is 11.4 Å². The lowest BCUT2D eigenvalue weighted by molar-refractivity contribution is 0.628. The van der Waals surface area contributed by atoms with Gasteiger partial charge in [-0.3, -0.25) is 0 Å². The van der Waals surface area contributed by atoms with Gasteiger partial charge in [-0.2, -0.15) is 0 Å². The molecule has 0 fully saturated rings. The van der Waals surface area contributed by atoms with Gasteiger partial charge in [0.15, 0.2) is 0 Å². The lowest BCUT2D eigenvalue weighted by Crippen LogP contribution is -1.83. The van der Waals surface area contributed by atoms with Crippen LogP contribution in [0.1, 0.15) is 0 Å². The molecular weight excluding hydrogens is 210 g/mol. The molecule has 2 aromatic carbocycles. The van der Waals surface area contributed by atoms with Crippen molar-refractivity contribution in [3.63, 3.8) is 0 Å². The molecule has 2 rings (SSSR count). The summed E-state index contributed by atoms with van der Waals surface area (Å²) in [5.74, 6) is -0.538. The molecule has 0 aromatic heterocycles. The van der Waals surface area contributed by atoms with E-state index in [1.54, 1.807) is 12.1 Å². The molecule has 2 aromatic rings. The highest BCUT2D eigenvalue weighted by Crippen LogP contribution is 2.03. The molecule has 2 nitrogen and oxygen atoms in total. The van der Waals surface area contributed by atoms with Gasteiger partial charge in [0.2, 0.25) is 0 Å². The predicted octanol–water partition coefficient (Wildman–Crippen LogP) is 2.82. The monoisotopic (exact) mass is 222 g/mol. The number of hydrogen-bond donors (Lipinski definition) is 2. The van der Waals surface area contributed by atoms with Crippen LogP contribution in [0.5, 0.6) is 0 Å². The van der Waals surface area contributed by atoms with Crippen LogP contribution >= 0.6 is 0 Å². The minimum Gasteiger partial charge on any atom is -0.399 e. The van der Waals surface area contributed by atoms with Gasteiger partial charge in [0.1, 0.15) is 11.6 Å². The quantitative estimate of drug-likeness (QED) is 0.673. The molecule has 0 unspecified atom stereocenters. The van der Waals surface area contributed by atoms with Crippen molar-refractivity contribution in [3.05, 3.63) is 60.2 Å². The van der Waals surface area contributed by atoms with Crippen molar-refractivity contribution in [3.8, 4) is 0 Å². The Morgan fingerprint density at radius 2 is 1.31 bits per heavy atom. The van der Waals surface area contributed by atoms with E-state index in [2.05, 4.69) is 0 Å². The molecule has 0 bridgehead atoms. The molecule has 4 heteroatoms. The summed E-state index contributed by atoms with van der Waals surface area (Å²) < 4.78 is 24.1. The van der Waals surface area contributed by atoms with Crippen LogP contribution in [0.2, 0.25) is 0 Å². The Bertz CT molecular complexity index is 403. The normalized spacial score (nSPS) is 9.12. The number of rotatable bonds is 0. The molecule has 16 heavy (non-hydrogen) atoms. The number of anilines is 2. The first-order chi connectivity index (χ1) is 7.58. The van der Waals surface area contributed by atoms with E-state index in [1.165, 1.54) is 36.4 Å². The third kappa shape index (κ3) is 4.41. The van der Waals surface area contributed by atoms with E-state index < -0.39 is 0 Å². The molecule has 0 saturated heterocycles. The third-order valence-electron chi connectivity index (χ3n) is 1.72. The van der Waals surface area contributed by atoms with Crippen LogP contribution in [0.3, 0.4) is 0 Å². The molecule has 0 aliphatic carbocycles. The number of nitrogens with two attached hydrogens (primary N) is 2. The summed E-state index contributed by atoms with van der Waals surface area (Å²) in [7, 11) is 0. The second kappa shape index (κ2) is 5.70. The second-order valence-electron chi connectivity index (χ2n) is 3.11. The summed E-state index contributed by atoms with van der Waals surface area (Å²) in [5, 5.41) is 0. The number of halogens is 2. The van der Waals surface area contributed by atoms with Gasteiger partial charge in [-0.15, -0.1) is 0 Å². The van der Waals surface area contributed by atoms with Crippen molar-refractivity contribution in [2.24, 2.45) is 0 Å². The Kier molecular flexibility index (Phi) is 4.27. The molecule has 0 radical (unpaired) electrons. The highest BCUT2D eigenvalue weighted by molar-refractivity contribution is 5.37. The fourth-order valence-corrected chi connectivity index (χ4v) is 0.969. The molecule has 0 aliphatic rings. The van der Waals surface area contributed by atoms with Crippen LogP contribution in [-0.2, 0) is 0 Å². The average Bonchev–Trinajstić information content (AvgIpc) is 2.23. The fraction of sp³-hybridized carbons (Fsp3) is 0. The lowest BCUT2D eigenvalue weighted by atomic mass is 10.3. The van der Waals surface area contributed by atoms with Gasteiger partial charge in [-0.05, 0) is 42.5 Å². The van der Waals surface area contributed by atoms with E-state index in [-0.39, 0.29) is 11.6 Å². The highest BCUT2D eigenvalue weighted by Gasteiger charge is 1.85. The molecule has 0 aliphatic heterocycles. The first-order valence-electron chi connectivity index (χ1n) is 4.60. The van der Waals surface area contributed by atoms with Gasteiger partial charge in [0, 0.05) is 11.4 Å². The number of hydrogen-bond acceptors (Lipinski definition) is 2. The van der Waals surface area contributed by atoms with Gasteiger partial charge in [-0.25, -0.2) is 8.78 Å². The summed E-state index contributed by atoms with van der Waals surface area (Å²) in [5.41, 5.74) is 11.5. The Morgan fingerprint density at radius 3 is 1.69 bits per heavy atom. The van der Waals surface area contributed by atoms with Crippen LogP contribution < -0.4 is 11.5 Å². The molecule has 0 saturated carbocycles. The fourth-order valence-electron chi connectivity index (χ4n) is 0.969. The number of nitrogen functional groups attached to an aromatic ring is 2. The van der Waals surface area contributed by atoms with Crippen LogP contribution in [0.25, 0.3) is 0 Å². The van der Waals surface area contributed by atoms with Crippen molar-refractivity contribution < 1.29 is 8.78 Å². The van der Waals surface area contributed by atoms with E-state index in [9.17, 15) is 8.78 Å². The van der Waals surface area contributed by atoms with Gasteiger partial charge >= 0.3 is 0 Å². The molecular formula is C12H12F2N2. The Balaban J connectivity index is 0.000000160. The average molecular weight is 222 g/mol. The van der Waals surface area contributed by atoms with Crippen molar-refractivity contribution in [2.45, 2.75) is 0 Å². The SMILES string of the molecule is Nc1ccc(F)cc1.Nc1cccc(F)c1. The van der Waals surface area contributed by atoms with Crippen molar-refractivity contribution in [1.29, 1.82) is 0 Å². The maximum atomic E-state index is 12.1. The number of benzene rings is 2. The topological polar surface area (TPSA) is 52.0 Å². The smallest absolute Gasteiger partial charge is 0.125 e. The Morgan fingerprint density at radius 1 is 0.688 bits per heavy atom. The molecule has 84 valence electrons. The maximum absolute atomic E-state index is 12.1. The molecule has 0 heterocycles. The maximum Gasteiger partial charge on any atom is 0.125 e. The molecule has 0 spiro atoms. The summed E-state index contributed by atoms with van der Waals surface area (Å²) >= 11 is 0. The standard InChI is InChI=1S/2C6H6FN/c7-5-1-3-6(8)4-2-5;7-5-2-1-3-6(8)4-5/h2*1-4H,8H2. The van der Waals surface area contributed by atoms with Crippen molar-refractivity contribution in [1.82, 2.24) is 0 Å². The zero-order valence-corrected chi connectivity index (χ0v) is 8.53. The minimum absolute atomic E-state index is 0.251. The first-order valence-corrected chi connectivity index (χ1v) is 4.60. The van der Waals surface area contributed by atoms with Gasteiger partial charge in [0.05, 0.1) is 0 Å². The van der Waals surface area contributed by atoms with E-state index in [4.69, 9.17) is 11.5 Å². The minimum atomic E-state index is -0.287. The Labute approximate surface area is 92.5 Å². The first kappa shape index (κ1) is 12.0. The zero-order chi connectivity index (χ0) is 12.0. The molecule has 0 amide bonds. The molecule has 4 N–H and O–H groups in total. The Hall–Kier alpha value is -2.10. The highest BCUT2D eigenvalue weighted by atomic mass is 19.1. The predicted molar refractivity (Wildman–Crippen MR) is 61.6 cm³/mol. The summed E-state index contributed by atoms with van der Waals surface area (Å²) in [6.45, 7) is 0. The third-order valence-corrected chi connectivity index (χ3v) is 1.72. The van der Waals surface area contributed by atoms with Crippen LogP contribution in [0.15, 0.2) is 48.5 Å².